The molecule has 0 aromatic carbocycles. The molecule has 0 heteroatoms. The Balaban J connectivity index is 4.22. The molecule has 0 bridgehead atoms. The molecule has 0 aliphatic rings. The topological polar surface area (TPSA) is 0 Å². The highest BCUT2D eigenvalue weighted by atomic mass is 14.2. The monoisotopic (exact) mass is 338 g/mol. The maximum atomic E-state index is 2.54. The minimum Gasteiger partial charge on any atom is -0.0628 e. The van der Waals surface area contributed by atoms with E-state index in [-0.39, 0.29) is 0 Å². The van der Waals surface area contributed by atoms with Gasteiger partial charge in [-0.05, 0) is 48.3 Å². The molecule has 0 aliphatic heterocycles. The second-order valence-electron chi connectivity index (χ2n) is 10.0. The lowest BCUT2D eigenvalue weighted by Crippen LogP contribution is -2.15. The van der Waals surface area contributed by atoms with Crippen LogP contribution in [0.4, 0.5) is 0 Å². The molecule has 3 atom stereocenters. The van der Waals surface area contributed by atoms with Crippen LogP contribution in [0.3, 0.4) is 0 Å². The fourth-order valence-electron chi connectivity index (χ4n) is 3.86. The van der Waals surface area contributed by atoms with Crippen molar-refractivity contribution >= 4 is 0 Å². The van der Waals surface area contributed by atoms with Crippen molar-refractivity contribution in [3.05, 3.63) is 0 Å². The summed E-state index contributed by atoms with van der Waals surface area (Å²) >= 11 is 0. The molecule has 0 amide bonds. The lowest BCUT2D eigenvalue weighted by atomic mass is 9.79. The summed E-state index contributed by atoms with van der Waals surface area (Å²) in [5.41, 5.74) is 0. The van der Waals surface area contributed by atoms with Gasteiger partial charge in [0.2, 0.25) is 0 Å². The van der Waals surface area contributed by atoms with E-state index in [0.717, 1.165) is 35.5 Å². The predicted molar refractivity (Wildman–Crippen MR) is 113 cm³/mol. The Morgan fingerprint density at radius 1 is 0.417 bits per heavy atom. The number of rotatable bonds is 15. The Bertz CT molecular complexity index is 263. The molecular formula is C24H50. The first-order valence-electron chi connectivity index (χ1n) is 11.2. The van der Waals surface area contributed by atoms with E-state index in [1.54, 1.807) is 0 Å². The van der Waals surface area contributed by atoms with Gasteiger partial charge in [-0.1, -0.05) is 107 Å². The minimum atomic E-state index is 0.860. The minimum absolute atomic E-state index is 0.860. The van der Waals surface area contributed by atoms with Crippen LogP contribution in [0.1, 0.15) is 120 Å². The fourth-order valence-corrected chi connectivity index (χ4v) is 3.86. The third-order valence-electron chi connectivity index (χ3n) is 5.87. The summed E-state index contributed by atoms with van der Waals surface area (Å²) in [7, 11) is 0. The van der Waals surface area contributed by atoms with Gasteiger partial charge in [0.15, 0.2) is 0 Å². The quantitative estimate of drug-likeness (QED) is 0.280. The van der Waals surface area contributed by atoms with Crippen molar-refractivity contribution in [2.24, 2.45) is 35.5 Å². The maximum absolute atomic E-state index is 2.54. The van der Waals surface area contributed by atoms with Crippen molar-refractivity contribution in [2.45, 2.75) is 120 Å². The molecule has 0 saturated heterocycles. The van der Waals surface area contributed by atoms with Crippen LogP contribution < -0.4 is 0 Å². The van der Waals surface area contributed by atoms with Crippen molar-refractivity contribution in [2.75, 3.05) is 0 Å². The molecule has 0 rings (SSSR count). The zero-order valence-electron chi connectivity index (χ0n) is 18.5. The highest BCUT2D eigenvalue weighted by molar-refractivity contribution is 4.70. The molecule has 0 nitrogen and oxygen atoms in total. The Hall–Kier alpha value is 0. The fraction of sp³-hybridized carbons (Fsp3) is 1.00. The molecule has 0 saturated carbocycles. The molecule has 146 valence electrons. The first-order valence-corrected chi connectivity index (χ1v) is 11.2. The van der Waals surface area contributed by atoms with Gasteiger partial charge in [0.1, 0.15) is 0 Å². The Labute approximate surface area is 155 Å². The first kappa shape index (κ1) is 24.0. The van der Waals surface area contributed by atoms with Crippen molar-refractivity contribution in [1.82, 2.24) is 0 Å². The molecule has 0 aromatic rings. The maximum Gasteiger partial charge on any atom is -0.0388 e. The number of hydrogen-bond donors (Lipinski definition) is 0. The Kier molecular flexibility index (Phi) is 14.2. The first-order chi connectivity index (χ1) is 11.2. The van der Waals surface area contributed by atoms with Crippen molar-refractivity contribution in [3.63, 3.8) is 0 Å². The van der Waals surface area contributed by atoms with E-state index in [4.69, 9.17) is 0 Å². The molecule has 0 N–H and O–H groups in total. The molecule has 24 heavy (non-hydrogen) atoms. The molecule has 3 unspecified atom stereocenters. The van der Waals surface area contributed by atoms with Gasteiger partial charge in [-0.15, -0.1) is 0 Å². The highest BCUT2D eigenvalue weighted by Gasteiger charge is 2.18. The predicted octanol–water partition coefficient (Wildman–Crippen LogP) is 8.74. The van der Waals surface area contributed by atoms with Gasteiger partial charge in [-0.25, -0.2) is 0 Å². The summed E-state index contributed by atoms with van der Waals surface area (Å²) in [5, 5.41) is 0. The Morgan fingerprint density at radius 3 is 1.38 bits per heavy atom. The van der Waals surface area contributed by atoms with Crippen LogP contribution in [0.2, 0.25) is 0 Å². The van der Waals surface area contributed by atoms with Gasteiger partial charge < -0.3 is 0 Å². The smallest absolute Gasteiger partial charge is 0.0388 e. The van der Waals surface area contributed by atoms with Gasteiger partial charge in [0, 0.05) is 0 Å². The average Bonchev–Trinajstić information content (AvgIpc) is 2.45. The summed E-state index contributed by atoms with van der Waals surface area (Å²) in [6.07, 6.45) is 14.4. The summed E-state index contributed by atoms with van der Waals surface area (Å²) in [6, 6.07) is 0. The van der Waals surface area contributed by atoms with Gasteiger partial charge in [-0.2, -0.15) is 0 Å². The van der Waals surface area contributed by atoms with Gasteiger partial charge in [0.05, 0.1) is 0 Å². The van der Waals surface area contributed by atoms with Crippen molar-refractivity contribution in [1.29, 1.82) is 0 Å². The van der Waals surface area contributed by atoms with Crippen LogP contribution >= 0.6 is 0 Å². The van der Waals surface area contributed by atoms with Crippen molar-refractivity contribution < 1.29 is 0 Å². The zero-order chi connectivity index (χ0) is 18.5. The van der Waals surface area contributed by atoms with E-state index in [2.05, 4.69) is 55.4 Å². The molecule has 0 radical (unpaired) electrons. The van der Waals surface area contributed by atoms with Crippen LogP contribution in [0.5, 0.6) is 0 Å². The van der Waals surface area contributed by atoms with Crippen LogP contribution in [0, 0.1) is 35.5 Å². The van der Waals surface area contributed by atoms with Gasteiger partial charge in [0.25, 0.3) is 0 Å². The van der Waals surface area contributed by atoms with E-state index in [0.29, 0.717) is 0 Å². The summed E-state index contributed by atoms with van der Waals surface area (Å²) in [4.78, 5) is 0. The third-order valence-corrected chi connectivity index (χ3v) is 5.87. The summed E-state index contributed by atoms with van der Waals surface area (Å²) < 4.78 is 0. The molecule has 0 aliphatic carbocycles. The lowest BCUT2D eigenvalue weighted by molar-refractivity contribution is 0.251. The van der Waals surface area contributed by atoms with E-state index in [1.165, 1.54) is 64.2 Å². The van der Waals surface area contributed by atoms with Crippen LogP contribution in [-0.4, -0.2) is 0 Å². The molecular weight excluding hydrogens is 288 g/mol. The standard InChI is InChI=1S/C24H50/c1-19(2)11-9-13-22(7)16-18-24(17-15-21(5)6)23(8)14-10-12-20(3)4/h19-24H,9-18H2,1-8H3. The molecule has 0 heterocycles. The van der Waals surface area contributed by atoms with Crippen molar-refractivity contribution in [3.8, 4) is 0 Å². The largest absolute Gasteiger partial charge is 0.0628 e. The van der Waals surface area contributed by atoms with Gasteiger partial charge >= 0.3 is 0 Å². The average molecular weight is 339 g/mol. The van der Waals surface area contributed by atoms with Crippen LogP contribution in [0.25, 0.3) is 0 Å². The third kappa shape index (κ3) is 14.4. The SMILES string of the molecule is CC(C)CCCC(C)CCC(CCC(C)C)C(C)CCCC(C)C. The van der Waals surface area contributed by atoms with Gasteiger partial charge in [-0.3, -0.25) is 0 Å². The number of hydrogen-bond acceptors (Lipinski definition) is 0. The van der Waals surface area contributed by atoms with E-state index in [9.17, 15) is 0 Å². The summed E-state index contributed by atoms with van der Waals surface area (Å²) in [6.45, 7) is 19.2. The summed E-state index contributed by atoms with van der Waals surface area (Å²) in [5.74, 6) is 5.41. The van der Waals surface area contributed by atoms with Crippen LogP contribution in [0.15, 0.2) is 0 Å². The molecule has 0 aromatic heterocycles. The second kappa shape index (κ2) is 14.2. The molecule has 0 spiro atoms. The highest BCUT2D eigenvalue weighted by Crippen LogP contribution is 2.31. The normalized spacial score (nSPS) is 16.1. The van der Waals surface area contributed by atoms with E-state index < -0.39 is 0 Å². The Morgan fingerprint density at radius 2 is 0.875 bits per heavy atom. The van der Waals surface area contributed by atoms with E-state index >= 15 is 0 Å². The second-order valence-corrected chi connectivity index (χ2v) is 10.0. The zero-order valence-corrected chi connectivity index (χ0v) is 18.5. The van der Waals surface area contributed by atoms with Crippen LogP contribution in [-0.2, 0) is 0 Å². The van der Waals surface area contributed by atoms with E-state index in [1.807, 2.05) is 0 Å². The molecule has 0 fully saturated rings. The lowest BCUT2D eigenvalue weighted by Gasteiger charge is -2.26.